The highest BCUT2D eigenvalue weighted by atomic mass is 15.1. The molecule has 0 atom stereocenters. The Hall–Kier alpha value is -2.36. The number of azo groups is 2. The van der Waals surface area contributed by atoms with Crippen LogP contribution in [-0.4, -0.2) is 12.1 Å². The summed E-state index contributed by atoms with van der Waals surface area (Å²) in [5.41, 5.74) is 1.90. The number of benzene rings is 2. The first-order valence-electron chi connectivity index (χ1n) is 8.78. The topological polar surface area (TPSA) is 49.4 Å². The molecule has 0 amide bonds. The molecule has 24 heavy (non-hydrogen) atoms. The maximum absolute atomic E-state index is 4.57. The summed E-state index contributed by atoms with van der Waals surface area (Å²) < 4.78 is 0. The van der Waals surface area contributed by atoms with Crippen molar-refractivity contribution < 1.29 is 0 Å². The van der Waals surface area contributed by atoms with E-state index in [0.717, 1.165) is 48.9 Å². The highest BCUT2D eigenvalue weighted by Crippen LogP contribution is 2.46. The van der Waals surface area contributed by atoms with Crippen LogP contribution in [0, 0.1) is 11.8 Å². The van der Waals surface area contributed by atoms with E-state index in [2.05, 4.69) is 20.5 Å². The van der Waals surface area contributed by atoms with Crippen LogP contribution in [-0.2, 0) is 0 Å². The van der Waals surface area contributed by atoms with Gasteiger partial charge in [0, 0.05) is 0 Å². The van der Waals surface area contributed by atoms with Crippen LogP contribution in [0.3, 0.4) is 0 Å². The van der Waals surface area contributed by atoms with Gasteiger partial charge < -0.3 is 0 Å². The first kappa shape index (κ1) is 15.2. The lowest BCUT2D eigenvalue weighted by molar-refractivity contribution is 0.457. The summed E-state index contributed by atoms with van der Waals surface area (Å²) in [6, 6.07) is 20.8. The van der Waals surface area contributed by atoms with Gasteiger partial charge in [0.2, 0.25) is 0 Å². The molecule has 2 aromatic carbocycles. The lowest BCUT2D eigenvalue weighted by atomic mass is 10.0. The van der Waals surface area contributed by atoms with Crippen LogP contribution in [0.15, 0.2) is 81.1 Å². The summed E-state index contributed by atoms with van der Waals surface area (Å²) in [7, 11) is 0. The van der Waals surface area contributed by atoms with Gasteiger partial charge in [-0.1, -0.05) is 36.4 Å². The van der Waals surface area contributed by atoms with E-state index < -0.39 is 0 Å². The van der Waals surface area contributed by atoms with Crippen molar-refractivity contribution in [3.05, 3.63) is 60.7 Å². The van der Waals surface area contributed by atoms with E-state index in [9.17, 15) is 0 Å². The van der Waals surface area contributed by atoms with E-state index in [-0.39, 0.29) is 0 Å². The fourth-order valence-corrected chi connectivity index (χ4v) is 4.03. The van der Waals surface area contributed by atoms with Crippen LogP contribution in [0.25, 0.3) is 0 Å². The van der Waals surface area contributed by atoms with Crippen LogP contribution >= 0.6 is 0 Å². The van der Waals surface area contributed by atoms with Crippen LogP contribution in [0.4, 0.5) is 11.4 Å². The third-order valence-electron chi connectivity index (χ3n) is 5.15. The number of fused-ring (bicyclic) bond motifs is 1. The largest absolute Gasteiger partial charge is 0.185 e. The highest BCUT2D eigenvalue weighted by molar-refractivity contribution is 5.35. The van der Waals surface area contributed by atoms with Gasteiger partial charge in [0.1, 0.15) is 0 Å². The summed E-state index contributed by atoms with van der Waals surface area (Å²) in [6.45, 7) is 0. The third kappa shape index (κ3) is 3.58. The van der Waals surface area contributed by atoms with E-state index in [4.69, 9.17) is 0 Å². The quantitative estimate of drug-likeness (QED) is 0.611. The molecule has 2 aliphatic carbocycles. The van der Waals surface area contributed by atoms with E-state index >= 15 is 0 Å². The molecule has 2 fully saturated rings. The number of hydrogen-bond acceptors (Lipinski definition) is 4. The molecule has 0 spiro atoms. The summed E-state index contributed by atoms with van der Waals surface area (Å²) in [5, 5.41) is 17.9. The van der Waals surface area contributed by atoms with Gasteiger partial charge in [0.15, 0.2) is 0 Å². The first-order valence-corrected chi connectivity index (χ1v) is 8.78. The predicted molar refractivity (Wildman–Crippen MR) is 94.9 cm³/mol. The van der Waals surface area contributed by atoms with E-state index in [1.165, 1.54) is 0 Å². The van der Waals surface area contributed by atoms with Crippen LogP contribution in [0.2, 0.25) is 0 Å². The van der Waals surface area contributed by atoms with E-state index in [0.29, 0.717) is 12.1 Å². The SMILES string of the molecule is c1ccc(N=NC2CC3CC(N=Nc4ccccc4)CC3C2)cc1. The monoisotopic (exact) mass is 318 g/mol. The molecule has 0 radical (unpaired) electrons. The molecule has 4 rings (SSSR count). The predicted octanol–water partition coefficient (Wildman–Crippen LogP) is 6.11. The molecular formula is C20H22N4. The van der Waals surface area contributed by atoms with Gasteiger partial charge in [-0.25, -0.2) is 0 Å². The Labute approximate surface area is 142 Å². The van der Waals surface area contributed by atoms with Crippen molar-refractivity contribution in [2.24, 2.45) is 32.3 Å². The van der Waals surface area contributed by atoms with Gasteiger partial charge in [-0.05, 0) is 61.8 Å². The molecular weight excluding hydrogens is 296 g/mol. The first-order chi connectivity index (χ1) is 11.9. The van der Waals surface area contributed by atoms with Gasteiger partial charge in [-0.3, -0.25) is 0 Å². The zero-order valence-electron chi connectivity index (χ0n) is 13.7. The smallest absolute Gasteiger partial charge is 0.0852 e. The van der Waals surface area contributed by atoms with Gasteiger partial charge in [-0.15, -0.1) is 0 Å². The minimum absolute atomic E-state index is 0.382. The number of nitrogens with zero attached hydrogens (tertiary/aromatic N) is 4. The van der Waals surface area contributed by atoms with E-state index in [1.54, 1.807) is 0 Å². The zero-order chi connectivity index (χ0) is 16.2. The maximum Gasteiger partial charge on any atom is 0.0852 e. The number of hydrogen-bond donors (Lipinski definition) is 0. The van der Waals surface area contributed by atoms with Crippen LogP contribution in [0.5, 0.6) is 0 Å². The average Bonchev–Trinajstić information content (AvgIpc) is 3.18. The number of rotatable bonds is 4. The minimum atomic E-state index is 0.382. The molecule has 0 aromatic heterocycles. The summed E-state index contributed by atoms with van der Waals surface area (Å²) in [6.07, 6.45) is 4.60. The molecule has 0 aliphatic heterocycles. The molecule has 2 saturated carbocycles. The second-order valence-electron chi connectivity index (χ2n) is 6.87. The Morgan fingerprint density at radius 1 is 0.542 bits per heavy atom. The zero-order valence-corrected chi connectivity index (χ0v) is 13.7. The van der Waals surface area contributed by atoms with Crippen molar-refractivity contribution in [1.29, 1.82) is 0 Å². The molecule has 2 aromatic rings. The Balaban J connectivity index is 1.30. The molecule has 0 saturated heterocycles. The lowest BCUT2D eigenvalue weighted by Gasteiger charge is -2.07. The Morgan fingerprint density at radius 2 is 0.917 bits per heavy atom. The van der Waals surface area contributed by atoms with Crippen LogP contribution < -0.4 is 0 Å². The van der Waals surface area contributed by atoms with Crippen molar-refractivity contribution in [3.8, 4) is 0 Å². The second kappa shape index (κ2) is 7.04. The summed E-state index contributed by atoms with van der Waals surface area (Å²) >= 11 is 0. The summed E-state index contributed by atoms with van der Waals surface area (Å²) in [5.74, 6) is 1.48. The van der Waals surface area contributed by atoms with Crippen molar-refractivity contribution >= 4 is 11.4 Å². The van der Waals surface area contributed by atoms with Gasteiger partial charge in [0.05, 0.1) is 23.5 Å². The van der Waals surface area contributed by atoms with Crippen molar-refractivity contribution in [1.82, 2.24) is 0 Å². The molecule has 4 nitrogen and oxygen atoms in total. The fourth-order valence-electron chi connectivity index (χ4n) is 4.03. The molecule has 0 N–H and O–H groups in total. The average molecular weight is 318 g/mol. The van der Waals surface area contributed by atoms with Crippen LogP contribution in [0.1, 0.15) is 25.7 Å². The summed E-state index contributed by atoms with van der Waals surface area (Å²) in [4.78, 5) is 0. The fraction of sp³-hybridized carbons (Fsp3) is 0.400. The Bertz CT molecular complexity index is 635. The molecule has 122 valence electrons. The molecule has 0 heterocycles. The lowest BCUT2D eigenvalue weighted by Crippen LogP contribution is -2.04. The Kier molecular flexibility index (Phi) is 4.45. The van der Waals surface area contributed by atoms with Gasteiger partial charge >= 0.3 is 0 Å². The maximum atomic E-state index is 4.57. The van der Waals surface area contributed by atoms with Gasteiger partial charge in [-0.2, -0.15) is 20.5 Å². The third-order valence-corrected chi connectivity index (χ3v) is 5.15. The standard InChI is InChI=1S/C20H22N4/c1-3-7-17(8-4-1)21-23-19-11-15-13-20(14-16(15)12-19)24-22-18-9-5-2-6-10-18/h1-10,15-16,19-20H,11-14H2. The Morgan fingerprint density at radius 3 is 1.29 bits per heavy atom. The molecule has 0 bridgehead atoms. The van der Waals surface area contributed by atoms with Crippen molar-refractivity contribution in [3.63, 3.8) is 0 Å². The van der Waals surface area contributed by atoms with Crippen molar-refractivity contribution in [2.75, 3.05) is 0 Å². The van der Waals surface area contributed by atoms with Crippen molar-refractivity contribution in [2.45, 2.75) is 37.8 Å². The van der Waals surface area contributed by atoms with Gasteiger partial charge in [0.25, 0.3) is 0 Å². The van der Waals surface area contributed by atoms with E-state index in [1.807, 2.05) is 60.7 Å². The highest BCUT2D eigenvalue weighted by Gasteiger charge is 2.42. The molecule has 4 heteroatoms. The molecule has 2 aliphatic rings. The normalized spacial score (nSPS) is 29.5. The molecule has 0 unspecified atom stereocenters. The second-order valence-corrected chi connectivity index (χ2v) is 6.87. The minimum Gasteiger partial charge on any atom is -0.185 e.